The summed E-state index contributed by atoms with van der Waals surface area (Å²) in [6.07, 6.45) is 7.87. The Kier molecular flexibility index (Phi) is 2.27. The summed E-state index contributed by atoms with van der Waals surface area (Å²) >= 11 is 0. The molecule has 0 unspecified atom stereocenters. The van der Waals surface area contributed by atoms with E-state index in [0.717, 1.165) is 12.8 Å². The molecule has 1 saturated carbocycles. The molecule has 0 amide bonds. The van der Waals surface area contributed by atoms with Crippen LogP contribution in [-0.4, -0.2) is 0 Å². The summed E-state index contributed by atoms with van der Waals surface area (Å²) in [7, 11) is 0. The van der Waals surface area contributed by atoms with Crippen LogP contribution in [-0.2, 0) is 5.41 Å². The Hall–Kier alpha value is -2.00. The van der Waals surface area contributed by atoms with E-state index in [1.165, 1.54) is 16.7 Å². The highest BCUT2D eigenvalue weighted by molar-refractivity contribution is 5.64. The van der Waals surface area contributed by atoms with Crippen molar-refractivity contribution in [3.8, 4) is 23.5 Å². The van der Waals surface area contributed by atoms with E-state index in [0.29, 0.717) is 0 Å². The molecule has 1 aliphatic carbocycles. The summed E-state index contributed by atoms with van der Waals surface area (Å²) < 4.78 is 0. The lowest BCUT2D eigenvalue weighted by Gasteiger charge is -2.09. The van der Waals surface area contributed by atoms with Gasteiger partial charge in [-0.2, -0.15) is 0 Å². The predicted molar refractivity (Wildman–Crippen MR) is 71.6 cm³/mol. The van der Waals surface area contributed by atoms with Gasteiger partial charge in [-0.25, -0.2) is 0 Å². The van der Waals surface area contributed by atoms with E-state index in [1.54, 1.807) is 0 Å². The fourth-order valence-corrected chi connectivity index (χ4v) is 2.25. The Morgan fingerprint density at radius 1 is 0.824 bits per heavy atom. The summed E-state index contributed by atoms with van der Waals surface area (Å²) in [5, 5.41) is 0. The lowest BCUT2D eigenvalue weighted by atomic mass is 9.94. The zero-order chi connectivity index (χ0) is 11.7. The molecule has 0 radical (unpaired) electrons. The van der Waals surface area contributed by atoms with Gasteiger partial charge in [0.25, 0.3) is 0 Å². The summed E-state index contributed by atoms with van der Waals surface area (Å²) in [6, 6.07) is 19.1. The van der Waals surface area contributed by atoms with Crippen molar-refractivity contribution >= 4 is 0 Å². The highest BCUT2D eigenvalue weighted by Gasteiger charge is 2.42. The molecule has 0 heteroatoms. The van der Waals surface area contributed by atoms with Gasteiger partial charge in [0.05, 0.1) is 5.41 Å². The topological polar surface area (TPSA) is 0 Å². The van der Waals surface area contributed by atoms with Crippen molar-refractivity contribution in [3.05, 3.63) is 60.2 Å². The zero-order valence-electron chi connectivity index (χ0n) is 9.69. The summed E-state index contributed by atoms with van der Waals surface area (Å²) in [5.41, 5.74) is 3.85. The van der Waals surface area contributed by atoms with Crippen LogP contribution in [0.4, 0.5) is 0 Å². The first-order chi connectivity index (χ1) is 8.34. The van der Waals surface area contributed by atoms with Gasteiger partial charge < -0.3 is 0 Å². The summed E-state index contributed by atoms with van der Waals surface area (Å²) in [6.45, 7) is 0. The summed E-state index contributed by atoms with van der Waals surface area (Å²) in [4.78, 5) is 0. The van der Waals surface area contributed by atoms with Gasteiger partial charge in [0.1, 0.15) is 0 Å². The van der Waals surface area contributed by atoms with Crippen LogP contribution in [0.25, 0.3) is 11.1 Å². The molecular weight excluding hydrogens is 204 g/mol. The van der Waals surface area contributed by atoms with Crippen molar-refractivity contribution in [2.75, 3.05) is 0 Å². The molecule has 2 aromatic rings. The normalized spacial score (nSPS) is 16.2. The van der Waals surface area contributed by atoms with Crippen molar-refractivity contribution in [3.63, 3.8) is 0 Å². The maximum absolute atomic E-state index is 5.60. The molecule has 0 atom stereocenters. The average Bonchev–Trinajstić information content (AvgIpc) is 3.21. The Labute approximate surface area is 102 Å². The Balaban J connectivity index is 1.94. The fraction of sp³-hybridized carbons (Fsp3) is 0.176. The molecule has 0 aromatic heterocycles. The zero-order valence-corrected chi connectivity index (χ0v) is 9.69. The maximum atomic E-state index is 5.60. The van der Waals surface area contributed by atoms with E-state index in [-0.39, 0.29) is 5.41 Å². The quantitative estimate of drug-likeness (QED) is 0.668. The third kappa shape index (κ3) is 1.74. The first-order valence-electron chi connectivity index (χ1n) is 5.98. The molecule has 0 bridgehead atoms. The average molecular weight is 218 g/mol. The second kappa shape index (κ2) is 3.79. The van der Waals surface area contributed by atoms with E-state index in [4.69, 9.17) is 6.42 Å². The number of hydrogen-bond acceptors (Lipinski definition) is 0. The SMILES string of the molecule is C#CC1(c2ccc(-c3ccccc3)cc2)CC1. The lowest BCUT2D eigenvalue weighted by molar-refractivity contribution is 0.931. The van der Waals surface area contributed by atoms with E-state index in [9.17, 15) is 0 Å². The highest BCUT2D eigenvalue weighted by atomic mass is 14.4. The number of terminal acetylenes is 1. The highest BCUT2D eigenvalue weighted by Crippen LogP contribution is 2.47. The van der Waals surface area contributed by atoms with Gasteiger partial charge in [0.2, 0.25) is 0 Å². The predicted octanol–water partition coefficient (Wildman–Crippen LogP) is 4.02. The van der Waals surface area contributed by atoms with Gasteiger partial charge in [-0.3, -0.25) is 0 Å². The second-order valence-corrected chi connectivity index (χ2v) is 4.67. The summed E-state index contributed by atoms with van der Waals surface area (Å²) in [5.74, 6) is 2.93. The van der Waals surface area contributed by atoms with Crippen LogP contribution in [0.3, 0.4) is 0 Å². The third-order valence-corrected chi connectivity index (χ3v) is 3.57. The van der Waals surface area contributed by atoms with Crippen LogP contribution in [0.15, 0.2) is 54.6 Å². The molecule has 1 fully saturated rings. The molecule has 0 heterocycles. The van der Waals surface area contributed by atoms with Crippen LogP contribution in [0, 0.1) is 12.3 Å². The Morgan fingerprint density at radius 3 is 1.94 bits per heavy atom. The van der Waals surface area contributed by atoms with Crippen LogP contribution in [0.5, 0.6) is 0 Å². The van der Waals surface area contributed by atoms with Crippen LogP contribution < -0.4 is 0 Å². The minimum absolute atomic E-state index is 0.0508. The van der Waals surface area contributed by atoms with Gasteiger partial charge in [0, 0.05) is 0 Å². The maximum Gasteiger partial charge on any atom is 0.0561 e. The monoisotopic (exact) mass is 218 g/mol. The second-order valence-electron chi connectivity index (χ2n) is 4.67. The smallest absolute Gasteiger partial charge is 0.0561 e. The molecule has 2 aromatic carbocycles. The molecule has 3 rings (SSSR count). The van der Waals surface area contributed by atoms with E-state index >= 15 is 0 Å². The van der Waals surface area contributed by atoms with Crippen LogP contribution >= 0.6 is 0 Å². The van der Waals surface area contributed by atoms with E-state index in [2.05, 4.69) is 54.5 Å². The third-order valence-electron chi connectivity index (χ3n) is 3.57. The minimum Gasteiger partial charge on any atom is -0.119 e. The molecular formula is C17H14. The first-order valence-corrected chi connectivity index (χ1v) is 5.98. The minimum atomic E-state index is 0.0508. The fourth-order valence-electron chi connectivity index (χ4n) is 2.25. The van der Waals surface area contributed by atoms with Crippen molar-refractivity contribution in [2.24, 2.45) is 0 Å². The molecule has 0 nitrogen and oxygen atoms in total. The van der Waals surface area contributed by atoms with Crippen LogP contribution in [0.1, 0.15) is 18.4 Å². The molecule has 82 valence electrons. The van der Waals surface area contributed by atoms with Crippen molar-refractivity contribution in [2.45, 2.75) is 18.3 Å². The molecule has 0 aliphatic heterocycles. The van der Waals surface area contributed by atoms with Crippen molar-refractivity contribution in [1.82, 2.24) is 0 Å². The molecule has 17 heavy (non-hydrogen) atoms. The van der Waals surface area contributed by atoms with Gasteiger partial charge in [-0.1, -0.05) is 60.5 Å². The van der Waals surface area contributed by atoms with E-state index in [1.807, 2.05) is 6.07 Å². The Bertz CT molecular complexity index is 551. The van der Waals surface area contributed by atoms with Crippen LogP contribution in [0.2, 0.25) is 0 Å². The van der Waals surface area contributed by atoms with Gasteiger partial charge in [0.15, 0.2) is 0 Å². The van der Waals surface area contributed by atoms with Crippen molar-refractivity contribution < 1.29 is 0 Å². The molecule has 0 N–H and O–H groups in total. The van der Waals surface area contributed by atoms with Gasteiger partial charge in [-0.15, -0.1) is 6.42 Å². The number of benzene rings is 2. The first kappa shape index (κ1) is 10.2. The number of rotatable bonds is 2. The molecule has 1 aliphatic rings. The van der Waals surface area contributed by atoms with Gasteiger partial charge >= 0.3 is 0 Å². The Morgan fingerprint density at radius 2 is 1.41 bits per heavy atom. The standard InChI is InChI=1S/C17H14/c1-2-17(12-13-17)16-10-8-15(9-11-16)14-6-4-3-5-7-14/h1,3-11H,12-13H2. The van der Waals surface area contributed by atoms with Gasteiger partial charge in [-0.05, 0) is 29.5 Å². The largest absolute Gasteiger partial charge is 0.119 e. The van der Waals surface area contributed by atoms with Crippen molar-refractivity contribution in [1.29, 1.82) is 0 Å². The van der Waals surface area contributed by atoms with E-state index < -0.39 is 0 Å². The molecule has 0 spiro atoms. The molecule has 0 saturated heterocycles. The number of hydrogen-bond donors (Lipinski definition) is 0. The lowest BCUT2D eigenvalue weighted by Crippen LogP contribution is -2.01.